The Hall–Kier alpha value is -3.22. The summed E-state index contributed by atoms with van der Waals surface area (Å²) in [5.74, 6) is -1.46. The van der Waals surface area contributed by atoms with Crippen LogP contribution in [0.15, 0.2) is 51.7 Å². The van der Waals surface area contributed by atoms with Crippen LogP contribution in [0.4, 0.5) is 10.1 Å². The Morgan fingerprint density at radius 1 is 1.12 bits per heavy atom. The zero-order valence-electron chi connectivity index (χ0n) is 13.4. The Kier molecular flexibility index (Phi) is 4.47. The number of benzene rings is 2. The summed E-state index contributed by atoms with van der Waals surface area (Å²) in [6, 6.07) is 10.0. The lowest BCUT2D eigenvalue weighted by atomic mass is 10.1. The summed E-state index contributed by atoms with van der Waals surface area (Å²) < 4.78 is 19.2. The molecule has 25 heavy (non-hydrogen) atoms. The van der Waals surface area contributed by atoms with Gasteiger partial charge in [0.05, 0.1) is 5.52 Å². The smallest absolute Gasteiger partial charge is 0.408 e. The SMILES string of the molecule is Cn1c(=O)oc2ccc(NC(=O)CCC(=O)c3ccc(F)cc3)cc21. The molecule has 1 N–H and O–H groups in total. The number of hydrogen-bond acceptors (Lipinski definition) is 4. The first kappa shape index (κ1) is 16.6. The van der Waals surface area contributed by atoms with E-state index < -0.39 is 11.6 Å². The van der Waals surface area contributed by atoms with E-state index in [1.54, 1.807) is 25.2 Å². The molecular formula is C18H15FN2O4. The molecule has 0 spiro atoms. The highest BCUT2D eigenvalue weighted by Crippen LogP contribution is 2.18. The van der Waals surface area contributed by atoms with Crippen LogP contribution >= 0.6 is 0 Å². The van der Waals surface area contributed by atoms with Gasteiger partial charge in [0.2, 0.25) is 5.91 Å². The average Bonchev–Trinajstić information content (AvgIpc) is 2.88. The van der Waals surface area contributed by atoms with Gasteiger partial charge in [0.15, 0.2) is 11.4 Å². The molecule has 0 bridgehead atoms. The molecule has 1 aromatic heterocycles. The van der Waals surface area contributed by atoms with Crippen molar-refractivity contribution in [1.29, 1.82) is 0 Å². The van der Waals surface area contributed by atoms with E-state index in [-0.39, 0.29) is 24.5 Å². The third kappa shape index (κ3) is 3.65. The molecule has 6 nitrogen and oxygen atoms in total. The minimum absolute atomic E-state index is 0.00142. The number of Topliss-reactive ketones (excluding diaryl/α,β-unsaturated/α-hetero) is 1. The average molecular weight is 342 g/mol. The molecule has 0 aliphatic heterocycles. The predicted molar refractivity (Wildman–Crippen MR) is 90.0 cm³/mol. The van der Waals surface area contributed by atoms with Gasteiger partial charge in [0, 0.05) is 31.1 Å². The van der Waals surface area contributed by atoms with Crippen LogP contribution in [-0.2, 0) is 11.8 Å². The highest BCUT2D eigenvalue weighted by Gasteiger charge is 2.11. The maximum absolute atomic E-state index is 12.8. The molecule has 7 heteroatoms. The van der Waals surface area contributed by atoms with Crippen LogP contribution in [0, 0.1) is 5.82 Å². The van der Waals surface area contributed by atoms with Crippen molar-refractivity contribution in [3.8, 4) is 0 Å². The van der Waals surface area contributed by atoms with E-state index in [1.165, 1.54) is 28.8 Å². The van der Waals surface area contributed by atoms with Gasteiger partial charge < -0.3 is 9.73 Å². The van der Waals surface area contributed by atoms with Crippen molar-refractivity contribution < 1.29 is 18.4 Å². The van der Waals surface area contributed by atoms with E-state index in [0.717, 1.165) is 0 Å². The first-order valence-electron chi connectivity index (χ1n) is 7.62. The topological polar surface area (TPSA) is 81.3 Å². The molecular weight excluding hydrogens is 327 g/mol. The second kappa shape index (κ2) is 6.72. The summed E-state index contributed by atoms with van der Waals surface area (Å²) >= 11 is 0. The van der Waals surface area contributed by atoms with Crippen LogP contribution in [-0.4, -0.2) is 16.3 Å². The summed E-state index contributed by atoms with van der Waals surface area (Å²) in [5, 5.41) is 2.68. The lowest BCUT2D eigenvalue weighted by molar-refractivity contribution is -0.116. The maximum Gasteiger partial charge on any atom is 0.419 e. The Balaban J connectivity index is 1.62. The molecule has 0 atom stereocenters. The normalized spacial score (nSPS) is 10.8. The minimum Gasteiger partial charge on any atom is -0.408 e. The van der Waals surface area contributed by atoms with Crippen molar-refractivity contribution in [1.82, 2.24) is 4.57 Å². The standard InChI is InChI=1S/C18H15FN2O4/c1-21-14-10-13(6-8-16(14)25-18(21)24)20-17(23)9-7-15(22)11-2-4-12(19)5-3-11/h2-6,8,10H,7,9H2,1H3,(H,20,23). The number of fused-ring (bicyclic) bond motifs is 1. The monoisotopic (exact) mass is 342 g/mol. The molecule has 0 aliphatic rings. The summed E-state index contributed by atoms with van der Waals surface area (Å²) in [4.78, 5) is 35.4. The molecule has 0 unspecified atom stereocenters. The quantitative estimate of drug-likeness (QED) is 0.723. The van der Waals surface area contributed by atoms with E-state index in [9.17, 15) is 18.8 Å². The van der Waals surface area contributed by atoms with E-state index >= 15 is 0 Å². The molecule has 0 aliphatic carbocycles. The fourth-order valence-electron chi connectivity index (χ4n) is 2.44. The van der Waals surface area contributed by atoms with Crippen molar-refractivity contribution in [2.75, 3.05) is 5.32 Å². The second-order valence-electron chi connectivity index (χ2n) is 5.59. The number of carbonyl (C=O) groups excluding carboxylic acids is 2. The van der Waals surface area contributed by atoms with Crippen LogP contribution in [0.2, 0.25) is 0 Å². The van der Waals surface area contributed by atoms with Gasteiger partial charge in [-0.05, 0) is 42.5 Å². The zero-order valence-corrected chi connectivity index (χ0v) is 13.4. The fourth-order valence-corrected chi connectivity index (χ4v) is 2.44. The molecule has 0 fully saturated rings. The number of halogens is 1. The first-order valence-corrected chi connectivity index (χ1v) is 7.62. The summed E-state index contributed by atoms with van der Waals surface area (Å²) in [6.45, 7) is 0. The third-order valence-corrected chi connectivity index (χ3v) is 3.82. The van der Waals surface area contributed by atoms with Crippen LogP contribution in [0.3, 0.4) is 0 Å². The Bertz CT molecular complexity index is 1000. The van der Waals surface area contributed by atoms with Gasteiger partial charge in [0.1, 0.15) is 5.82 Å². The van der Waals surface area contributed by atoms with Crippen molar-refractivity contribution in [3.05, 3.63) is 64.4 Å². The largest absolute Gasteiger partial charge is 0.419 e. The second-order valence-corrected chi connectivity index (χ2v) is 5.59. The lowest BCUT2D eigenvalue weighted by Gasteiger charge is -2.05. The van der Waals surface area contributed by atoms with Crippen molar-refractivity contribution >= 4 is 28.5 Å². The number of ketones is 1. The Morgan fingerprint density at radius 3 is 2.56 bits per heavy atom. The number of hydrogen-bond donors (Lipinski definition) is 1. The van der Waals surface area contributed by atoms with Gasteiger partial charge >= 0.3 is 5.76 Å². The van der Waals surface area contributed by atoms with Crippen molar-refractivity contribution in [3.63, 3.8) is 0 Å². The number of rotatable bonds is 5. The fraction of sp³-hybridized carbons (Fsp3) is 0.167. The van der Waals surface area contributed by atoms with Gasteiger partial charge in [-0.2, -0.15) is 0 Å². The number of aryl methyl sites for hydroxylation is 1. The highest BCUT2D eigenvalue weighted by atomic mass is 19.1. The summed E-state index contributed by atoms with van der Waals surface area (Å²) in [6.07, 6.45) is 0.0163. The number of aromatic nitrogens is 1. The number of nitrogens with zero attached hydrogens (tertiary/aromatic N) is 1. The molecule has 1 amide bonds. The van der Waals surface area contributed by atoms with Gasteiger partial charge in [-0.25, -0.2) is 9.18 Å². The van der Waals surface area contributed by atoms with Crippen LogP contribution in [0.25, 0.3) is 11.1 Å². The van der Waals surface area contributed by atoms with Crippen molar-refractivity contribution in [2.24, 2.45) is 7.05 Å². The summed E-state index contributed by atoms with van der Waals surface area (Å²) in [5.41, 5.74) is 1.86. The lowest BCUT2D eigenvalue weighted by Crippen LogP contribution is -2.13. The summed E-state index contributed by atoms with van der Waals surface area (Å²) in [7, 11) is 1.57. The molecule has 2 aromatic carbocycles. The van der Waals surface area contributed by atoms with Gasteiger partial charge in [-0.15, -0.1) is 0 Å². The van der Waals surface area contributed by atoms with Gasteiger partial charge in [-0.1, -0.05) is 0 Å². The minimum atomic E-state index is -0.483. The molecule has 128 valence electrons. The number of oxazole rings is 1. The van der Waals surface area contributed by atoms with E-state index in [2.05, 4.69) is 5.32 Å². The first-order chi connectivity index (χ1) is 11.9. The number of amides is 1. The molecule has 0 saturated carbocycles. The van der Waals surface area contributed by atoms with E-state index in [0.29, 0.717) is 22.4 Å². The maximum atomic E-state index is 12.8. The van der Waals surface area contributed by atoms with Crippen molar-refractivity contribution in [2.45, 2.75) is 12.8 Å². The van der Waals surface area contributed by atoms with E-state index in [1.807, 2.05) is 0 Å². The van der Waals surface area contributed by atoms with Crippen LogP contribution in [0.1, 0.15) is 23.2 Å². The number of anilines is 1. The highest BCUT2D eigenvalue weighted by molar-refractivity contribution is 6.00. The molecule has 0 radical (unpaired) electrons. The number of nitrogens with one attached hydrogen (secondary N) is 1. The molecule has 3 aromatic rings. The molecule has 3 rings (SSSR count). The molecule has 1 heterocycles. The van der Waals surface area contributed by atoms with Gasteiger partial charge in [0.25, 0.3) is 0 Å². The number of carbonyl (C=O) groups is 2. The Morgan fingerprint density at radius 2 is 1.84 bits per heavy atom. The predicted octanol–water partition coefficient (Wildman–Crippen LogP) is 2.87. The Labute approximate surface area is 141 Å². The van der Waals surface area contributed by atoms with Crippen LogP contribution in [0.5, 0.6) is 0 Å². The zero-order chi connectivity index (χ0) is 18.0. The van der Waals surface area contributed by atoms with Gasteiger partial charge in [-0.3, -0.25) is 14.2 Å². The third-order valence-electron chi connectivity index (χ3n) is 3.82. The molecule has 0 saturated heterocycles. The van der Waals surface area contributed by atoms with E-state index in [4.69, 9.17) is 4.42 Å². The van der Waals surface area contributed by atoms with Crippen LogP contribution < -0.4 is 11.1 Å².